The fourth-order valence-electron chi connectivity index (χ4n) is 8.27. The summed E-state index contributed by atoms with van der Waals surface area (Å²) in [5.41, 5.74) is 0. The first-order chi connectivity index (χ1) is 31.5. The summed E-state index contributed by atoms with van der Waals surface area (Å²) in [4.78, 5) is 26.1. The number of rotatable bonds is 49. The highest BCUT2D eigenvalue weighted by Gasteiger charge is 2.24. The molecular weight excluding hydrogens is 791 g/mol. The maximum atomic E-state index is 13.2. The van der Waals surface area contributed by atoms with Crippen molar-refractivity contribution in [3.8, 4) is 0 Å². The Balaban J connectivity index is 4.51. The lowest BCUT2D eigenvalue weighted by Crippen LogP contribution is -2.46. The van der Waals surface area contributed by atoms with Gasteiger partial charge >= 0.3 is 5.97 Å². The summed E-state index contributed by atoms with van der Waals surface area (Å²) in [5, 5.41) is 23.8. The molecule has 0 saturated heterocycles. The standard InChI is InChI=1S/C58H105NO5/c1-4-7-10-13-16-19-22-24-26-28-30-32-35-38-41-44-47-50-56(61)55(53-60)59-57(62)52-54(49-46-43-40-37-34-21-18-15-12-9-6-3)64-58(63)51-48-45-42-39-36-33-31-29-27-25-23-20-17-14-11-8-5-2/h9,12,15,18,21,25,27,34,37,40,54-56,60-61H,4-8,10-11,13-14,16-17,19-20,22-24,26,28-33,35-36,38-39,41-53H2,1-3H3,(H,59,62)/b12-9+,18-15+,27-25+,34-21-,40-37-. The Hall–Kier alpha value is -2.44. The van der Waals surface area contributed by atoms with Crippen LogP contribution in [0.3, 0.4) is 0 Å². The normalized spacial score (nSPS) is 13.6. The average molecular weight is 896 g/mol. The van der Waals surface area contributed by atoms with E-state index < -0.39 is 18.2 Å². The first kappa shape index (κ1) is 61.6. The molecule has 0 spiro atoms. The van der Waals surface area contributed by atoms with Crippen molar-refractivity contribution in [3.05, 3.63) is 60.8 Å². The van der Waals surface area contributed by atoms with Gasteiger partial charge in [0.25, 0.3) is 0 Å². The number of carbonyl (C=O) groups excluding carboxylic acids is 2. The van der Waals surface area contributed by atoms with E-state index in [-0.39, 0.29) is 24.9 Å². The third-order valence-electron chi connectivity index (χ3n) is 12.4. The number of allylic oxidation sites excluding steroid dienone is 10. The second-order valence-electron chi connectivity index (χ2n) is 18.7. The minimum Gasteiger partial charge on any atom is -0.462 e. The second-order valence-corrected chi connectivity index (χ2v) is 18.7. The van der Waals surface area contributed by atoms with Crippen molar-refractivity contribution in [3.63, 3.8) is 0 Å². The summed E-state index contributed by atoms with van der Waals surface area (Å²) >= 11 is 0. The minimum absolute atomic E-state index is 0.0298. The van der Waals surface area contributed by atoms with Crippen LogP contribution in [0.1, 0.15) is 271 Å². The smallest absolute Gasteiger partial charge is 0.306 e. The topological polar surface area (TPSA) is 95.9 Å². The third-order valence-corrected chi connectivity index (χ3v) is 12.4. The molecule has 0 bridgehead atoms. The summed E-state index contributed by atoms with van der Waals surface area (Å²) in [5.74, 6) is -0.542. The maximum Gasteiger partial charge on any atom is 0.306 e. The summed E-state index contributed by atoms with van der Waals surface area (Å²) in [6.07, 6.45) is 64.4. The number of aliphatic hydroxyl groups excluding tert-OH is 2. The van der Waals surface area contributed by atoms with Crippen molar-refractivity contribution in [1.29, 1.82) is 0 Å². The van der Waals surface area contributed by atoms with Crippen LogP contribution >= 0.6 is 0 Å². The van der Waals surface area contributed by atoms with Gasteiger partial charge < -0.3 is 20.3 Å². The van der Waals surface area contributed by atoms with Crippen molar-refractivity contribution in [1.82, 2.24) is 5.32 Å². The highest BCUT2D eigenvalue weighted by molar-refractivity contribution is 5.77. The first-order valence-electron chi connectivity index (χ1n) is 27.6. The molecule has 64 heavy (non-hydrogen) atoms. The lowest BCUT2D eigenvalue weighted by molar-refractivity contribution is -0.151. The summed E-state index contributed by atoms with van der Waals surface area (Å²) in [6.45, 7) is 6.33. The Kier molecular flexibility index (Phi) is 49.6. The van der Waals surface area contributed by atoms with E-state index in [1.165, 1.54) is 167 Å². The third kappa shape index (κ3) is 46.1. The number of aliphatic hydroxyl groups is 2. The molecular formula is C58H105NO5. The zero-order valence-corrected chi connectivity index (χ0v) is 42.4. The lowest BCUT2D eigenvalue weighted by Gasteiger charge is -2.24. The van der Waals surface area contributed by atoms with E-state index in [9.17, 15) is 19.8 Å². The zero-order valence-electron chi connectivity index (χ0n) is 42.4. The number of nitrogens with one attached hydrogen (secondary N) is 1. The van der Waals surface area contributed by atoms with Gasteiger partial charge in [-0.25, -0.2) is 0 Å². The predicted molar refractivity (Wildman–Crippen MR) is 278 cm³/mol. The van der Waals surface area contributed by atoms with Crippen LogP contribution in [-0.2, 0) is 14.3 Å². The maximum absolute atomic E-state index is 13.2. The van der Waals surface area contributed by atoms with Gasteiger partial charge in [0.2, 0.25) is 5.91 Å². The van der Waals surface area contributed by atoms with Gasteiger partial charge in [0.15, 0.2) is 0 Å². The minimum atomic E-state index is -0.807. The van der Waals surface area contributed by atoms with Crippen LogP contribution < -0.4 is 5.32 Å². The summed E-state index contributed by atoms with van der Waals surface area (Å²) < 4.78 is 5.90. The molecule has 0 radical (unpaired) electrons. The molecule has 0 aromatic rings. The van der Waals surface area contributed by atoms with Crippen LogP contribution in [0.4, 0.5) is 0 Å². The van der Waals surface area contributed by atoms with Crippen molar-refractivity contribution < 1.29 is 24.5 Å². The Morgan fingerprint density at radius 1 is 0.469 bits per heavy atom. The molecule has 0 aliphatic heterocycles. The zero-order chi connectivity index (χ0) is 46.7. The number of esters is 1. The van der Waals surface area contributed by atoms with Gasteiger partial charge in [-0.05, 0) is 64.2 Å². The van der Waals surface area contributed by atoms with Crippen LogP contribution in [0.25, 0.3) is 0 Å². The van der Waals surface area contributed by atoms with Gasteiger partial charge in [0.05, 0.1) is 25.2 Å². The molecule has 0 rings (SSSR count). The van der Waals surface area contributed by atoms with Crippen LogP contribution in [0.5, 0.6) is 0 Å². The van der Waals surface area contributed by atoms with E-state index in [2.05, 4.69) is 50.4 Å². The SMILES string of the molecule is CC/C=C/C=C/C=C\C=C/CCCC(CC(=O)NC(CO)C(O)CCCCCCCCCCCCCCCCCCC)OC(=O)CCCCCCCCC/C=C/CCCCCCCC. The van der Waals surface area contributed by atoms with E-state index in [1.807, 2.05) is 36.5 Å². The number of hydrogen-bond donors (Lipinski definition) is 3. The van der Waals surface area contributed by atoms with Gasteiger partial charge in [-0.3, -0.25) is 9.59 Å². The molecule has 3 unspecified atom stereocenters. The summed E-state index contributed by atoms with van der Waals surface area (Å²) in [6, 6.07) is -0.725. The van der Waals surface area contributed by atoms with Gasteiger partial charge in [0.1, 0.15) is 6.10 Å². The number of amides is 1. The van der Waals surface area contributed by atoms with Crippen LogP contribution in [0.2, 0.25) is 0 Å². The van der Waals surface area contributed by atoms with Crippen molar-refractivity contribution >= 4 is 11.9 Å². The molecule has 3 atom stereocenters. The molecule has 0 aliphatic rings. The van der Waals surface area contributed by atoms with Gasteiger partial charge in [-0.15, -0.1) is 0 Å². The molecule has 0 aromatic carbocycles. The Bertz CT molecular complexity index is 1140. The van der Waals surface area contributed by atoms with E-state index in [1.54, 1.807) is 0 Å². The van der Waals surface area contributed by atoms with E-state index in [0.29, 0.717) is 19.3 Å². The molecule has 6 nitrogen and oxygen atoms in total. The highest BCUT2D eigenvalue weighted by Crippen LogP contribution is 2.18. The monoisotopic (exact) mass is 896 g/mol. The van der Waals surface area contributed by atoms with E-state index in [4.69, 9.17) is 4.74 Å². The largest absolute Gasteiger partial charge is 0.462 e. The molecule has 0 aromatic heterocycles. The number of hydrogen-bond acceptors (Lipinski definition) is 5. The second kappa shape index (κ2) is 51.5. The molecule has 0 aliphatic carbocycles. The Labute approximate surface area is 397 Å². The molecule has 1 amide bonds. The molecule has 6 heteroatoms. The average Bonchev–Trinajstić information content (AvgIpc) is 3.29. The molecule has 3 N–H and O–H groups in total. The van der Waals surface area contributed by atoms with Crippen LogP contribution in [-0.4, -0.2) is 46.9 Å². The fourth-order valence-corrected chi connectivity index (χ4v) is 8.27. The van der Waals surface area contributed by atoms with Crippen molar-refractivity contribution in [2.75, 3.05) is 6.61 Å². The molecule has 0 heterocycles. The molecule has 372 valence electrons. The van der Waals surface area contributed by atoms with Gasteiger partial charge in [-0.2, -0.15) is 0 Å². The van der Waals surface area contributed by atoms with Gasteiger partial charge in [-0.1, -0.05) is 255 Å². The number of unbranched alkanes of at least 4 members (excludes halogenated alkanes) is 30. The van der Waals surface area contributed by atoms with Crippen molar-refractivity contribution in [2.24, 2.45) is 0 Å². The summed E-state index contributed by atoms with van der Waals surface area (Å²) in [7, 11) is 0. The van der Waals surface area contributed by atoms with Crippen LogP contribution in [0.15, 0.2) is 60.8 Å². The lowest BCUT2D eigenvalue weighted by atomic mass is 10.0. The van der Waals surface area contributed by atoms with E-state index >= 15 is 0 Å². The van der Waals surface area contributed by atoms with E-state index in [0.717, 1.165) is 57.8 Å². The number of ether oxygens (including phenoxy) is 1. The fraction of sp³-hybridized carbons (Fsp3) is 0.793. The molecule has 0 saturated carbocycles. The Morgan fingerprint density at radius 2 is 0.875 bits per heavy atom. The quantitative estimate of drug-likeness (QED) is 0.0245. The van der Waals surface area contributed by atoms with Crippen LogP contribution in [0, 0.1) is 0 Å². The van der Waals surface area contributed by atoms with Crippen molar-refractivity contribution in [2.45, 2.75) is 289 Å². The molecule has 0 fully saturated rings. The predicted octanol–water partition coefficient (Wildman–Crippen LogP) is 16.8. The first-order valence-corrected chi connectivity index (χ1v) is 27.6. The number of carbonyl (C=O) groups is 2. The Morgan fingerprint density at radius 3 is 1.34 bits per heavy atom. The van der Waals surface area contributed by atoms with Gasteiger partial charge in [0, 0.05) is 6.42 Å². The highest BCUT2D eigenvalue weighted by atomic mass is 16.5.